The van der Waals surface area contributed by atoms with Crippen LogP contribution in [0.15, 0.2) is 42.5 Å². The molecule has 5 nitrogen and oxygen atoms in total. The second kappa shape index (κ2) is 5.77. The Kier molecular flexibility index (Phi) is 3.86. The highest BCUT2D eigenvalue weighted by atomic mass is 16.2. The van der Waals surface area contributed by atoms with E-state index in [2.05, 4.69) is 20.8 Å². The third kappa shape index (κ3) is 3.55. The van der Waals surface area contributed by atoms with Gasteiger partial charge < -0.3 is 10.6 Å². The first-order chi connectivity index (χ1) is 8.74. The molecule has 2 rings (SSSR count). The number of carbonyl (C=O) groups excluding carboxylic acids is 1. The molecule has 2 N–H and O–H groups in total. The molecule has 5 heteroatoms. The number of anilines is 1. The molecule has 0 bridgehead atoms. The van der Waals surface area contributed by atoms with E-state index in [1.165, 1.54) is 0 Å². The third-order valence-corrected chi connectivity index (χ3v) is 2.31. The van der Waals surface area contributed by atoms with E-state index in [1.807, 2.05) is 49.4 Å². The molecule has 0 saturated carbocycles. The summed E-state index contributed by atoms with van der Waals surface area (Å²) in [6, 6.07) is 12.7. The summed E-state index contributed by atoms with van der Waals surface area (Å²) in [7, 11) is 0. The van der Waals surface area contributed by atoms with Gasteiger partial charge in [0, 0.05) is 5.69 Å². The maximum Gasteiger partial charge on any atom is 0.319 e. The van der Waals surface area contributed by atoms with Crippen molar-refractivity contribution in [2.24, 2.45) is 0 Å². The minimum atomic E-state index is -0.261. The molecule has 2 aromatic rings. The van der Waals surface area contributed by atoms with Gasteiger partial charge in [-0.15, -0.1) is 0 Å². The molecule has 0 aliphatic carbocycles. The van der Waals surface area contributed by atoms with Crippen LogP contribution in [0.25, 0.3) is 0 Å². The molecule has 1 heterocycles. The quantitative estimate of drug-likeness (QED) is 0.866. The van der Waals surface area contributed by atoms with Gasteiger partial charge in [0.2, 0.25) is 0 Å². The number of hydrogen-bond donors (Lipinski definition) is 2. The van der Waals surface area contributed by atoms with Crippen LogP contribution in [0.1, 0.15) is 11.4 Å². The summed E-state index contributed by atoms with van der Waals surface area (Å²) < 4.78 is 0. The maximum absolute atomic E-state index is 11.6. The van der Waals surface area contributed by atoms with E-state index in [0.29, 0.717) is 6.54 Å². The van der Waals surface area contributed by atoms with Crippen LogP contribution < -0.4 is 10.6 Å². The van der Waals surface area contributed by atoms with Crippen LogP contribution in [0.3, 0.4) is 0 Å². The number of carbonyl (C=O) groups is 1. The van der Waals surface area contributed by atoms with Gasteiger partial charge in [0.05, 0.1) is 17.9 Å². The number of aryl methyl sites for hydroxylation is 1. The number of nitrogens with zero attached hydrogens (tertiary/aromatic N) is 2. The lowest BCUT2D eigenvalue weighted by atomic mass is 10.3. The standard InChI is InChI=1S/C13H14N4O/c1-10-7-8-12(17-16-10)9-14-13(18)15-11-5-3-2-4-6-11/h2-8H,9H2,1H3,(H2,14,15,18). The highest BCUT2D eigenvalue weighted by Gasteiger charge is 2.01. The Bertz CT molecular complexity index is 510. The third-order valence-electron chi connectivity index (χ3n) is 2.31. The number of para-hydroxylation sites is 1. The summed E-state index contributed by atoms with van der Waals surface area (Å²) >= 11 is 0. The number of hydrogen-bond acceptors (Lipinski definition) is 3. The van der Waals surface area contributed by atoms with Gasteiger partial charge in [-0.2, -0.15) is 10.2 Å². The molecular weight excluding hydrogens is 228 g/mol. The van der Waals surface area contributed by atoms with Gasteiger partial charge in [0.25, 0.3) is 0 Å². The maximum atomic E-state index is 11.6. The Morgan fingerprint density at radius 3 is 2.56 bits per heavy atom. The lowest BCUT2D eigenvalue weighted by Gasteiger charge is -2.06. The summed E-state index contributed by atoms with van der Waals surface area (Å²) in [6.07, 6.45) is 0. The van der Waals surface area contributed by atoms with E-state index in [0.717, 1.165) is 17.1 Å². The smallest absolute Gasteiger partial charge is 0.319 e. The Balaban J connectivity index is 1.83. The van der Waals surface area contributed by atoms with Crippen LogP contribution in [0.2, 0.25) is 0 Å². The average molecular weight is 242 g/mol. The van der Waals surface area contributed by atoms with Crippen LogP contribution in [-0.2, 0) is 6.54 Å². The molecule has 18 heavy (non-hydrogen) atoms. The van der Waals surface area contributed by atoms with Crippen LogP contribution in [0.4, 0.5) is 10.5 Å². The molecule has 0 spiro atoms. The molecule has 0 saturated heterocycles. The first-order valence-electron chi connectivity index (χ1n) is 5.63. The molecule has 0 radical (unpaired) electrons. The van der Waals surface area contributed by atoms with Crippen LogP contribution in [0.5, 0.6) is 0 Å². The minimum Gasteiger partial charge on any atom is -0.332 e. The summed E-state index contributed by atoms with van der Waals surface area (Å²) in [5, 5.41) is 13.3. The van der Waals surface area contributed by atoms with E-state index in [-0.39, 0.29) is 6.03 Å². The number of benzene rings is 1. The van der Waals surface area contributed by atoms with Crippen molar-refractivity contribution in [3.63, 3.8) is 0 Å². The monoisotopic (exact) mass is 242 g/mol. The summed E-state index contributed by atoms with van der Waals surface area (Å²) in [5.41, 5.74) is 2.33. The fourth-order valence-corrected chi connectivity index (χ4v) is 1.39. The average Bonchev–Trinajstić information content (AvgIpc) is 2.39. The van der Waals surface area contributed by atoms with Crippen molar-refractivity contribution < 1.29 is 4.79 Å². The SMILES string of the molecule is Cc1ccc(CNC(=O)Nc2ccccc2)nn1. The highest BCUT2D eigenvalue weighted by Crippen LogP contribution is 2.04. The van der Waals surface area contributed by atoms with Crippen LogP contribution in [-0.4, -0.2) is 16.2 Å². The largest absolute Gasteiger partial charge is 0.332 e. The number of rotatable bonds is 3. The molecule has 1 aromatic heterocycles. The van der Waals surface area contributed by atoms with Gasteiger partial charge in [-0.1, -0.05) is 18.2 Å². The molecule has 2 amide bonds. The Morgan fingerprint density at radius 1 is 1.11 bits per heavy atom. The highest BCUT2D eigenvalue weighted by molar-refractivity contribution is 5.89. The van der Waals surface area contributed by atoms with Gasteiger partial charge in [-0.05, 0) is 31.2 Å². The molecule has 92 valence electrons. The predicted octanol–water partition coefficient (Wildman–Crippen LogP) is 2.11. The van der Waals surface area contributed by atoms with Gasteiger partial charge in [0.15, 0.2) is 0 Å². The van der Waals surface area contributed by atoms with Crippen molar-refractivity contribution in [2.75, 3.05) is 5.32 Å². The molecule has 0 aliphatic heterocycles. The molecule has 0 unspecified atom stereocenters. The van der Waals surface area contributed by atoms with E-state index in [1.54, 1.807) is 0 Å². The lowest BCUT2D eigenvalue weighted by Crippen LogP contribution is -2.28. The lowest BCUT2D eigenvalue weighted by molar-refractivity contribution is 0.251. The van der Waals surface area contributed by atoms with Crippen molar-refractivity contribution in [3.05, 3.63) is 53.9 Å². The topological polar surface area (TPSA) is 66.9 Å². The molecular formula is C13H14N4O. The normalized spacial score (nSPS) is 9.83. The number of urea groups is 1. The minimum absolute atomic E-state index is 0.261. The number of nitrogens with one attached hydrogen (secondary N) is 2. The first kappa shape index (κ1) is 12.0. The van der Waals surface area contributed by atoms with Crippen molar-refractivity contribution in [1.82, 2.24) is 15.5 Å². The number of aromatic nitrogens is 2. The van der Waals surface area contributed by atoms with Gasteiger partial charge in [0.1, 0.15) is 0 Å². The van der Waals surface area contributed by atoms with E-state index >= 15 is 0 Å². The Labute approximate surface area is 105 Å². The van der Waals surface area contributed by atoms with Gasteiger partial charge in [-0.25, -0.2) is 4.79 Å². The summed E-state index contributed by atoms with van der Waals surface area (Å²) in [5.74, 6) is 0. The fourth-order valence-electron chi connectivity index (χ4n) is 1.39. The van der Waals surface area contributed by atoms with Crippen LogP contribution >= 0.6 is 0 Å². The van der Waals surface area contributed by atoms with Crippen molar-refractivity contribution in [1.29, 1.82) is 0 Å². The van der Waals surface area contributed by atoms with Crippen molar-refractivity contribution in [3.8, 4) is 0 Å². The van der Waals surface area contributed by atoms with Crippen LogP contribution in [0, 0.1) is 6.92 Å². The molecule has 0 fully saturated rings. The van der Waals surface area contributed by atoms with E-state index < -0.39 is 0 Å². The predicted molar refractivity (Wildman–Crippen MR) is 69.1 cm³/mol. The second-order valence-corrected chi connectivity index (χ2v) is 3.84. The zero-order chi connectivity index (χ0) is 12.8. The molecule has 1 aromatic carbocycles. The summed E-state index contributed by atoms with van der Waals surface area (Å²) in [6.45, 7) is 2.22. The van der Waals surface area contributed by atoms with E-state index in [9.17, 15) is 4.79 Å². The van der Waals surface area contributed by atoms with E-state index in [4.69, 9.17) is 0 Å². The number of amides is 2. The Hall–Kier alpha value is -2.43. The fraction of sp³-hybridized carbons (Fsp3) is 0.154. The molecule has 0 aliphatic rings. The van der Waals surface area contributed by atoms with Gasteiger partial charge >= 0.3 is 6.03 Å². The van der Waals surface area contributed by atoms with Crippen molar-refractivity contribution >= 4 is 11.7 Å². The summed E-state index contributed by atoms with van der Waals surface area (Å²) in [4.78, 5) is 11.6. The zero-order valence-corrected chi connectivity index (χ0v) is 10.1. The zero-order valence-electron chi connectivity index (χ0n) is 10.1. The Morgan fingerprint density at radius 2 is 1.89 bits per heavy atom. The second-order valence-electron chi connectivity index (χ2n) is 3.84. The van der Waals surface area contributed by atoms with Gasteiger partial charge in [-0.3, -0.25) is 0 Å². The van der Waals surface area contributed by atoms with Crippen molar-refractivity contribution in [2.45, 2.75) is 13.5 Å². The molecule has 0 atom stereocenters. The first-order valence-corrected chi connectivity index (χ1v) is 5.63.